The fraction of sp³-hybridized carbons (Fsp3) is 0.300. The second-order valence-corrected chi connectivity index (χ2v) is 16.0. The van der Waals surface area contributed by atoms with Gasteiger partial charge >= 0.3 is 12.1 Å². The summed E-state index contributed by atoms with van der Waals surface area (Å²) in [5, 5.41) is 27.9. The fourth-order valence-corrected chi connectivity index (χ4v) is 8.35. The van der Waals surface area contributed by atoms with E-state index >= 15 is 0 Å². The minimum absolute atomic E-state index is 0.0144. The van der Waals surface area contributed by atoms with Crippen molar-refractivity contribution in [1.82, 2.24) is 20.5 Å². The zero-order chi connectivity index (χ0) is 44.4. The second kappa shape index (κ2) is 20.5. The number of carbonyl (C=O) groups is 2. The summed E-state index contributed by atoms with van der Waals surface area (Å²) < 4.78 is 29.0. The Hall–Kier alpha value is -6.87. The fourth-order valence-electron chi connectivity index (χ4n) is 8.35. The van der Waals surface area contributed by atoms with Crippen LogP contribution in [0.1, 0.15) is 63.2 Å². The summed E-state index contributed by atoms with van der Waals surface area (Å²) in [5.41, 5.74) is 4.42. The van der Waals surface area contributed by atoms with Crippen LogP contribution in [0, 0.1) is 5.92 Å². The smallest absolute Gasteiger partial charge is 0.408 e. The third-order valence-corrected chi connectivity index (χ3v) is 11.8. The first kappa shape index (κ1) is 43.8. The van der Waals surface area contributed by atoms with Crippen LogP contribution in [-0.4, -0.2) is 84.8 Å². The number of methoxy groups -OCH3 is 1. The lowest BCUT2D eigenvalue weighted by Gasteiger charge is -2.43. The number of amides is 1. The average molecular weight is 869 g/mol. The van der Waals surface area contributed by atoms with E-state index in [-0.39, 0.29) is 49.3 Å². The summed E-state index contributed by atoms with van der Waals surface area (Å²) >= 11 is 0. The van der Waals surface area contributed by atoms with Crippen LogP contribution < -0.4 is 30.4 Å². The maximum absolute atomic E-state index is 13.2. The molecule has 0 aliphatic carbocycles. The SMILES string of the molecule is COc1cc(CNC[C@H](O)c2ccc(O)c3[nH]c(=O)ccc23)ccc1OCCOC(=O)c1ccc(COc2cccc([C@@H](NC(=O)O[C@H]3CN4CCC3CC4)c3ccccc3)c2)cc1. The van der Waals surface area contributed by atoms with Gasteiger partial charge in [0.05, 0.1) is 30.3 Å². The van der Waals surface area contributed by atoms with Crippen LogP contribution in [0.15, 0.2) is 126 Å². The number of aliphatic hydroxyl groups excluding tert-OH is 1. The molecule has 3 aliphatic heterocycles. The second-order valence-electron chi connectivity index (χ2n) is 16.0. The van der Waals surface area contributed by atoms with Crippen molar-refractivity contribution in [2.24, 2.45) is 5.92 Å². The van der Waals surface area contributed by atoms with Crippen LogP contribution in [0.4, 0.5) is 4.79 Å². The highest BCUT2D eigenvalue weighted by molar-refractivity contribution is 5.89. The molecule has 332 valence electrons. The number of aromatic hydroxyl groups is 1. The van der Waals surface area contributed by atoms with Gasteiger partial charge in [0.1, 0.15) is 37.4 Å². The number of piperidine rings is 3. The highest BCUT2D eigenvalue weighted by atomic mass is 16.6. The maximum atomic E-state index is 13.2. The largest absolute Gasteiger partial charge is 0.506 e. The van der Waals surface area contributed by atoms with Gasteiger partial charge in [-0.05, 0) is 108 Å². The van der Waals surface area contributed by atoms with E-state index in [1.54, 1.807) is 30.3 Å². The number of esters is 1. The molecule has 0 radical (unpaired) electrons. The van der Waals surface area contributed by atoms with Crippen molar-refractivity contribution in [2.45, 2.75) is 44.2 Å². The number of fused-ring (bicyclic) bond motifs is 4. The number of nitrogens with zero attached hydrogens (tertiary/aromatic N) is 1. The average Bonchev–Trinajstić information content (AvgIpc) is 3.32. The van der Waals surface area contributed by atoms with Gasteiger partial charge in [0, 0.05) is 31.1 Å². The predicted octanol–water partition coefficient (Wildman–Crippen LogP) is 6.79. The van der Waals surface area contributed by atoms with E-state index in [9.17, 15) is 24.6 Å². The van der Waals surface area contributed by atoms with E-state index in [1.165, 1.54) is 19.2 Å². The van der Waals surface area contributed by atoms with E-state index in [4.69, 9.17) is 23.7 Å². The third kappa shape index (κ3) is 10.8. The number of hydrogen-bond acceptors (Lipinski definition) is 12. The first-order valence-corrected chi connectivity index (χ1v) is 21.5. The number of phenols is 1. The van der Waals surface area contributed by atoms with Gasteiger partial charge in [-0.2, -0.15) is 0 Å². The van der Waals surface area contributed by atoms with Gasteiger partial charge in [-0.25, -0.2) is 9.59 Å². The van der Waals surface area contributed by atoms with Gasteiger partial charge < -0.3 is 49.5 Å². The molecule has 3 atom stereocenters. The van der Waals surface area contributed by atoms with Crippen molar-refractivity contribution >= 4 is 23.0 Å². The molecule has 3 aliphatic rings. The lowest BCUT2D eigenvalue weighted by molar-refractivity contribution is -0.0336. The number of carbonyl (C=O) groups excluding carboxylic acids is 2. The number of alkyl carbamates (subject to hydrolysis) is 1. The summed E-state index contributed by atoms with van der Waals surface area (Å²) in [6.07, 6.45) is 0.693. The van der Waals surface area contributed by atoms with E-state index in [0.29, 0.717) is 46.2 Å². The highest BCUT2D eigenvalue weighted by Gasteiger charge is 2.37. The molecule has 3 fully saturated rings. The zero-order valence-corrected chi connectivity index (χ0v) is 35.5. The molecule has 1 aromatic heterocycles. The highest BCUT2D eigenvalue weighted by Crippen LogP contribution is 2.32. The molecular weight excluding hydrogens is 817 g/mol. The van der Waals surface area contributed by atoms with Gasteiger partial charge in [0.25, 0.3) is 0 Å². The molecule has 1 amide bonds. The molecule has 14 nitrogen and oxygen atoms in total. The number of ether oxygens (including phenoxy) is 5. The Kier molecular flexibility index (Phi) is 14.0. The number of nitrogens with one attached hydrogen (secondary N) is 3. The number of benzene rings is 5. The third-order valence-electron chi connectivity index (χ3n) is 11.8. The minimum atomic E-state index is -0.898. The van der Waals surface area contributed by atoms with E-state index in [1.807, 2.05) is 78.9 Å². The Labute approximate surface area is 370 Å². The van der Waals surface area contributed by atoms with Gasteiger partial charge in [0.15, 0.2) is 11.5 Å². The molecule has 9 rings (SSSR count). The monoisotopic (exact) mass is 868 g/mol. The molecule has 0 spiro atoms. The first-order chi connectivity index (χ1) is 31.2. The topological polar surface area (TPSA) is 181 Å². The number of H-pyrrole nitrogens is 1. The Morgan fingerprint density at radius 2 is 1.61 bits per heavy atom. The van der Waals surface area contributed by atoms with E-state index < -0.39 is 24.2 Å². The van der Waals surface area contributed by atoms with Gasteiger partial charge in [-0.3, -0.25) is 9.69 Å². The van der Waals surface area contributed by atoms with Crippen molar-refractivity contribution in [2.75, 3.05) is 46.5 Å². The lowest BCUT2D eigenvalue weighted by atomic mass is 9.86. The summed E-state index contributed by atoms with van der Waals surface area (Å²) in [6.45, 7) is 3.94. The molecule has 64 heavy (non-hydrogen) atoms. The van der Waals surface area contributed by atoms with Gasteiger partial charge in [-0.1, -0.05) is 66.7 Å². The summed E-state index contributed by atoms with van der Waals surface area (Å²) in [6, 6.07) is 35.5. The van der Waals surface area contributed by atoms with Crippen molar-refractivity contribution < 1.29 is 43.5 Å². The van der Waals surface area contributed by atoms with Crippen molar-refractivity contribution in [1.29, 1.82) is 0 Å². The van der Waals surface area contributed by atoms with Crippen molar-refractivity contribution in [3.63, 3.8) is 0 Å². The molecule has 5 N–H and O–H groups in total. The molecular formula is C50H52N4O10. The normalized spacial score (nSPS) is 17.6. The number of pyridine rings is 1. The van der Waals surface area contributed by atoms with Gasteiger partial charge in [-0.15, -0.1) is 0 Å². The Bertz CT molecular complexity index is 2590. The number of aromatic nitrogens is 1. The Balaban J connectivity index is 0.783. The first-order valence-electron chi connectivity index (χ1n) is 21.5. The minimum Gasteiger partial charge on any atom is -0.506 e. The standard InChI is InChI=1S/C50H52N4O10/c1-60-44-26-33(28-51-29-42(56)39-15-17-41(55)48-40(39)16-19-46(57)52-48)12-18-43(44)61-24-25-62-49(58)36-13-10-32(11-14-36)31-63-38-9-5-8-37(27-38)47(35-6-3-2-4-7-35)53-50(59)64-45-30-54-22-20-34(45)21-23-54/h2-19,26-27,34,42,45,47,51,55-56H,20-25,28-31H2,1H3,(H,52,57)(H,53,59)/t42-,45-,47-/m0/s1. The lowest BCUT2D eigenvalue weighted by Crippen LogP contribution is -2.52. The quantitative estimate of drug-likeness (QED) is 0.0452. The molecule has 0 unspecified atom stereocenters. The predicted molar refractivity (Wildman–Crippen MR) is 240 cm³/mol. The summed E-state index contributed by atoms with van der Waals surface area (Å²) in [4.78, 5) is 42.8. The van der Waals surface area contributed by atoms with Crippen LogP contribution in [-0.2, 0) is 22.6 Å². The molecule has 4 heterocycles. The van der Waals surface area contributed by atoms with Crippen LogP contribution in [0.3, 0.4) is 0 Å². The molecule has 3 saturated heterocycles. The number of aliphatic hydroxyl groups is 1. The molecule has 6 aromatic rings. The van der Waals surface area contributed by atoms with Gasteiger partial charge in [0.2, 0.25) is 5.56 Å². The van der Waals surface area contributed by atoms with Crippen LogP contribution >= 0.6 is 0 Å². The van der Waals surface area contributed by atoms with Crippen molar-refractivity contribution in [3.8, 4) is 23.0 Å². The number of rotatable bonds is 18. The Morgan fingerprint density at radius 1 is 0.828 bits per heavy atom. The van der Waals surface area contributed by atoms with Crippen LogP contribution in [0.5, 0.6) is 23.0 Å². The molecule has 14 heteroatoms. The van der Waals surface area contributed by atoms with E-state index in [2.05, 4.69) is 20.5 Å². The summed E-state index contributed by atoms with van der Waals surface area (Å²) in [5.74, 6) is 1.47. The summed E-state index contributed by atoms with van der Waals surface area (Å²) in [7, 11) is 1.54. The van der Waals surface area contributed by atoms with Crippen molar-refractivity contribution in [3.05, 3.63) is 165 Å². The number of phenolic OH excluding ortho intramolecular Hbond substituents is 1. The molecule has 0 saturated carbocycles. The zero-order valence-electron chi connectivity index (χ0n) is 35.5. The van der Waals surface area contributed by atoms with Crippen LogP contribution in [0.25, 0.3) is 10.9 Å². The molecule has 5 aromatic carbocycles. The maximum Gasteiger partial charge on any atom is 0.408 e. The Morgan fingerprint density at radius 3 is 2.38 bits per heavy atom. The number of aromatic amines is 1. The van der Waals surface area contributed by atoms with Crippen LogP contribution in [0.2, 0.25) is 0 Å². The number of hydrogen-bond donors (Lipinski definition) is 5. The molecule has 2 bridgehead atoms. The van der Waals surface area contributed by atoms with E-state index in [0.717, 1.165) is 54.7 Å².